The van der Waals surface area contributed by atoms with Crippen LogP contribution in [-0.2, 0) is 12.8 Å². The molecule has 0 fully saturated rings. The standard InChI is InChI=1S/C17H22N4/c1-12-6-8-13(9-7-12)16-20-15-5-2-4-14(15)17(21-16)19-11-3-10-18/h6-9H,2-5,10-11,18H2,1H3,(H,19,20,21). The number of hydrogen-bond donors (Lipinski definition) is 2. The van der Waals surface area contributed by atoms with Crippen LogP contribution in [0.3, 0.4) is 0 Å². The minimum atomic E-state index is 0.699. The molecule has 0 bridgehead atoms. The fourth-order valence-corrected chi connectivity index (χ4v) is 2.72. The largest absolute Gasteiger partial charge is 0.370 e. The van der Waals surface area contributed by atoms with Crippen LogP contribution in [0.5, 0.6) is 0 Å². The first-order valence-electron chi connectivity index (χ1n) is 7.68. The number of nitrogens with zero attached hydrogens (tertiary/aromatic N) is 2. The van der Waals surface area contributed by atoms with Gasteiger partial charge in [0.2, 0.25) is 0 Å². The smallest absolute Gasteiger partial charge is 0.161 e. The molecule has 0 saturated heterocycles. The molecule has 0 radical (unpaired) electrons. The molecule has 3 rings (SSSR count). The highest BCUT2D eigenvalue weighted by Crippen LogP contribution is 2.29. The Labute approximate surface area is 125 Å². The summed E-state index contributed by atoms with van der Waals surface area (Å²) in [4.78, 5) is 9.52. The Kier molecular flexibility index (Phi) is 4.15. The second-order valence-corrected chi connectivity index (χ2v) is 5.61. The molecule has 0 spiro atoms. The van der Waals surface area contributed by atoms with Crippen molar-refractivity contribution < 1.29 is 0 Å². The molecule has 3 N–H and O–H groups in total. The van der Waals surface area contributed by atoms with E-state index < -0.39 is 0 Å². The van der Waals surface area contributed by atoms with Crippen LogP contribution in [0.2, 0.25) is 0 Å². The van der Waals surface area contributed by atoms with Crippen molar-refractivity contribution in [2.45, 2.75) is 32.6 Å². The molecule has 0 aliphatic heterocycles. The van der Waals surface area contributed by atoms with Crippen LogP contribution in [0.4, 0.5) is 5.82 Å². The number of benzene rings is 1. The molecule has 0 unspecified atom stereocenters. The average Bonchev–Trinajstić information content (AvgIpc) is 2.96. The van der Waals surface area contributed by atoms with E-state index in [1.165, 1.54) is 23.2 Å². The Morgan fingerprint density at radius 1 is 1.14 bits per heavy atom. The van der Waals surface area contributed by atoms with Crippen LogP contribution in [0.1, 0.15) is 29.7 Å². The number of nitrogens with one attached hydrogen (secondary N) is 1. The Hall–Kier alpha value is -1.94. The molecule has 1 aromatic carbocycles. The maximum absolute atomic E-state index is 5.57. The van der Waals surface area contributed by atoms with E-state index in [-0.39, 0.29) is 0 Å². The lowest BCUT2D eigenvalue weighted by atomic mass is 10.1. The summed E-state index contributed by atoms with van der Waals surface area (Å²) >= 11 is 0. The molecule has 1 heterocycles. The normalized spacial score (nSPS) is 13.2. The summed E-state index contributed by atoms with van der Waals surface area (Å²) in [5.41, 5.74) is 10.4. The number of fused-ring (bicyclic) bond motifs is 1. The number of rotatable bonds is 5. The Bertz CT molecular complexity index is 619. The van der Waals surface area contributed by atoms with Crippen LogP contribution in [0, 0.1) is 6.92 Å². The van der Waals surface area contributed by atoms with Crippen molar-refractivity contribution in [3.8, 4) is 11.4 Å². The van der Waals surface area contributed by atoms with E-state index in [0.29, 0.717) is 6.54 Å². The van der Waals surface area contributed by atoms with Gasteiger partial charge in [-0.05, 0) is 39.2 Å². The van der Waals surface area contributed by atoms with Gasteiger partial charge in [0.15, 0.2) is 5.82 Å². The molecule has 0 amide bonds. The predicted octanol–water partition coefficient (Wildman–Crippen LogP) is 2.70. The first kappa shape index (κ1) is 14.0. The van der Waals surface area contributed by atoms with Gasteiger partial charge in [-0.3, -0.25) is 0 Å². The molecule has 110 valence electrons. The number of aryl methyl sites for hydroxylation is 2. The van der Waals surface area contributed by atoms with Gasteiger partial charge in [0, 0.05) is 23.4 Å². The minimum absolute atomic E-state index is 0.699. The number of aromatic nitrogens is 2. The topological polar surface area (TPSA) is 63.8 Å². The van der Waals surface area contributed by atoms with E-state index in [4.69, 9.17) is 15.7 Å². The third-order valence-corrected chi connectivity index (χ3v) is 3.92. The minimum Gasteiger partial charge on any atom is -0.370 e. The fraction of sp³-hybridized carbons (Fsp3) is 0.412. The second-order valence-electron chi connectivity index (χ2n) is 5.61. The van der Waals surface area contributed by atoms with E-state index in [9.17, 15) is 0 Å². The lowest BCUT2D eigenvalue weighted by Gasteiger charge is -2.12. The van der Waals surface area contributed by atoms with Crippen LogP contribution < -0.4 is 11.1 Å². The first-order chi connectivity index (χ1) is 10.3. The summed E-state index contributed by atoms with van der Waals surface area (Å²) in [5.74, 6) is 1.83. The number of anilines is 1. The molecule has 1 aromatic heterocycles. The molecule has 1 aliphatic carbocycles. The molecule has 0 atom stereocenters. The van der Waals surface area contributed by atoms with Gasteiger partial charge in [0.05, 0.1) is 0 Å². The van der Waals surface area contributed by atoms with E-state index >= 15 is 0 Å². The lowest BCUT2D eigenvalue weighted by molar-refractivity contribution is 0.865. The molecule has 1 aliphatic rings. The zero-order valence-electron chi connectivity index (χ0n) is 12.5. The summed E-state index contributed by atoms with van der Waals surface area (Å²) < 4.78 is 0. The van der Waals surface area contributed by atoms with Crippen molar-refractivity contribution in [3.05, 3.63) is 41.1 Å². The highest BCUT2D eigenvalue weighted by molar-refractivity contribution is 5.61. The average molecular weight is 282 g/mol. The molecule has 4 heteroatoms. The SMILES string of the molecule is Cc1ccc(-c2nc3c(c(NCCCN)n2)CCC3)cc1. The van der Waals surface area contributed by atoms with E-state index in [2.05, 4.69) is 36.5 Å². The van der Waals surface area contributed by atoms with Gasteiger partial charge in [-0.1, -0.05) is 29.8 Å². The Morgan fingerprint density at radius 3 is 2.71 bits per heavy atom. The molecule has 4 nitrogen and oxygen atoms in total. The zero-order valence-corrected chi connectivity index (χ0v) is 12.5. The summed E-state index contributed by atoms with van der Waals surface area (Å²) in [6.07, 6.45) is 4.27. The third kappa shape index (κ3) is 3.05. The van der Waals surface area contributed by atoms with Crippen LogP contribution in [0.25, 0.3) is 11.4 Å². The zero-order chi connectivity index (χ0) is 14.7. The van der Waals surface area contributed by atoms with Crippen molar-refractivity contribution in [2.75, 3.05) is 18.4 Å². The molecule has 0 saturated carbocycles. The third-order valence-electron chi connectivity index (χ3n) is 3.92. The van der Waals surface area contributed by atoms with Crippen molar-refractivity contribution >= 4 is 5.82 Å². The molecular weight excluding hydrogens is 260 g/mol. The van der Waals surface area contributed by atoms with Crippen molar-refractivity contribution in [1.29, 1.82) is 0 Å². The Morgan fingerprint density at radius 2 is 1.95 bits per heavy atom. The first-order valence-corrected chi connectivity index (χ1v) is 7.68. The maximum Gasteiger partial charge on any atom is 0.161 e. The van der Waals surface area contributed by atoms with Gasteiger partial charge in [0.1, 0.15) is 5.82 Å². The number of nitrogens with two attached hydrogens (primary N) is 1. The van der Waals surface area contributed by atoms with Crippen molar-refractivity contribution in [3.63, 3.8) is 0 Å². The summed E-state index contributed by atoms with van der Waals surface area (Å²) in [5, 5.41) is 3.44. The van der Waals surface area contributed by atoms with Gasteiger partial charge in [-0.2, -0.15) is 0 Å². The van der Waals surface area contributed by atoms with E-state index in [1.54, 1.807) is 0 Å². The second kappa shape index (κ2) is 6.22. The molecule has 2 aromatic rings. The summed E-state index contributed by atoms with van der Waals surface area (Å²) in [6, 6.07) is 8.40. The summed E-state index contributed by atoms with van der Waals surface area (Å²) in [7, 11) is 0. The van der Waals surface area contributed by atoms with Gasteiger partial charge < -0.3 is 11.1 Å². The van der Waals surface area contributed by atoms with Crippen molar-refractivity contribution in [2.24, 2.45) is 5.73 Å². The van der Waals surface area contributed by atoms with Crippen LogP contribution >= 0.6 is 0 Å². The summed E-state index contributed by atoms with van der Waals surface area (Å²) in [6.45, 7) is 3.66. The quantitative estimate of drug-likeness (QED) is 0.828. The highest BCUT2D eigenvalue weighted by atomic mass is 15.0. The van der Waals surface area contributed by atoms with Gasteiger partial charge in [-0.25, -0.2) is 9.97 Å². The number of hydrogen-bond acceptors (Lipinski definition) is 4. The van der Waals surface area contributed by atoms with Crippen LogP contribution in [0.15, 0.2) is 24.3 Å². The molecular formula is C17H22N4. The van der Waals surface area contributed by atoms with Gasteiger partial charge in [-0.15, -0.1) is 0 Å². The fourth-order valence-electron chi connectivity index (χ4n) is 2.72. The maximum atomic E-state index is 5.57. The van der Waals surface area contributed by atoms with Crippen molar-refractivity contribution in [1.82, 2.24) is 9.97 Å². The van der Waals surface area contributed by atoms with Crippen LogP contribution in [-0.4, -0.2) is 23.1 Å². The van der Waals surface area contributed by atoms with Gasteiger partial charge in [0.25, 0.3) is 0 Å². The highest BCUT2D eigenvalue weighted by Gasteiger charge is 2.19. The van der Waals surface area contributed by atoms with E-state index in [0.717, 1.165) is 43.0 Å². The predicted molar refractivity (Wildman–Crippen MR) is 86.4 cm³/mol. The monoisotopic (exact) mass is 282 g/mol. The Balaban J connectivity index is 1.94. The lowest BCUT2D eigenvalue weighted by Crippen LogP contribution is -2.12. The molecule has 21 heavy (non-hydrogen) atoms. The van der Waals surface area contributed by atoms with Gasteiger partial charge >= 0.3 is 0 Å². The van der Waals surface area contributed by atoms with E-state index in [1.807, 2.05) is 0 Å².